The lowest BCUT2D eigenvalue weighted by atomic mass is 10.1. The Morgan fingerprint density at radius 1 is 1.00 bits per heavy atom. The van der Waals surface area contributed by atoms with Crippen LogP contribution in [0.2, 0.25) is 0 Å². The zero-order valence-electron chi connectivity index (χ0n) is 13.5. The summed E-state index contributed by atoms with van der Waals surface area (Å²) in [5.74, 6) is -0.0557. The minimum absolute atomic E-state index is 0.0557. The molecule has 0 bridgehead atoms. The lowest BCUT2D eigenvalue weighted by molar-refractivity contribution is 0.0342. The van der Waals surface area contributed by atoms with Crippen LogP contribution in [0.3, 0.4) is 0 Å². The molecule has 2 aromatic rings. The van der Waals surface area contributed by atoms with Gasteiger partial charge in [0.15, 0.2) is 0 Å². The number of nitrogens with zero attached hydrogens (tertiary/aromatic N) is 1. The highest BCUT2D eigenvalue weighted by molar-refractivity contribution is 9.10. The molecule has 0 aromatic heterocycles. The second-order valence-corrected chi connectivity index (χ2v) is 6.81. The summed E-state index contributed by atoms with van der Waals surface area (Å²) in [5, 5.41) is 2.95. The molecule has 1 fully saturated rings. The first-order valence-electron chi connectivity index (χ1n) is 8.12. The molecule has 1 aliphatic rings. The smallest absolute Gasteiger partial charge is 0.251 e. The summed E-state index contributed by atoms with van der Waals surface area (Å²) in [5.41, 5.74) is 3.06. The summed E-state index contributed by atoms with van der Waals surface area (Å²) in [4.78, 5) is 14.5. The quantitative estimate of drug-likeness (QED) is 0.854. The molecular formula is C19H21BrN2O2. The van der Waals surface area contributed by atoms with Gasteiger partial charge in [-0.2, -0.15) is 0 Å². The molecule has 24 heavy (non-hydrogen) atoms. The lowest BCUT2D eigenvalue weighted by Crippen LogP contribution is -2.35. The topological polar surface area (TPSA) is 41.6 Å². The Morgan fingerprint density at radius 2 is 1.62 bits per heavy atom. The fourth-order valence-electron chi connectivity index (χ4n) is 2.67. The molecule has 1 heterocycles. The van der Waals surface area contributed by atoms with Gasteiger partial charge in [0.05, 0.1) is 13.2 Å². The van der Waals surface area contributed by atoms with Gasteiger partial charge in [0.25, 0.3) is 5.91 Å². The number of rotatable bonds is 5. The van der Waals surface area contributed by atoms with Gasteiger partial charge in [-0.25, -0.2) is 0 Å². The van der Waals surface area contributed by atoms with Crippen molar-refractivity contribution in [2.45, 2.75) is 13.1 Å². The summed E-state index contributed by atoms with van der Waals surface area (Å²) in [7, 11) is 0. The van der Waals surface area contributed by atoms with Gasteiger partial charge in [0.2, 0.25) is 0 Å². The Kier molecular flexibility index (Phi) is 6.01. The van der Waals surface area contributed by atoms with E-state index < -0.39 is 0 Å². The van der Waals surface area contributed by atoms with Gasteiger partial charge < -0.3 is 10.1 Å². The molecule has 5 heteroatoms. The molecule has 126 valence electrons. The predicted molar refractivity (Wildman–Crippen MR) is 97.9 cm³/mol. The predicted octanol–water partition coefficient (Wildman–Crippen LogP) is 3.21. The number of hydrogen-bond donors (Lipinski definition) is 1. The maximum absolute atomic E-state index is 12.1. The van der Waals surface area contributed by atoms with Crippen LogP contribution in [0, 0.1) is 0 Å². The number of carbonyl (C=O) groups is 1. The van der Waals surface area contributed by atoms with E-state index in [0.717, 1.165) is 42.9 Å². The first kappa shape index (κ1) is 17.1. The van der Waals surface area contributed by atoms with E-state index in [2.05, 4.69) is 50.4 Å². The van der Waals surface area contributed by atoms with Gasteiger partial charge in [0.1, 0.15) is 0 Å². The van der Waals surface area contributed by atoms with E-state index in [1.54, 1.807) is 0 Å². The van der Waals surface area contributed by atoms with Crippen molar-refractivity contribution in [3.05, 3.63) is 69.7 Å². The van der Waals surface area contributed by atoms with Gasteiger partial charge >= 0.3 is 0 Å². The van der Waals surface area contributed by atoms with Gasteiger partial charge in [-0.3, -0.25) is 9.69 Å². The first-order valence-corrected chi connectivity index (χ1v) is 8.92. The SMILES string of the molecule is O=C(NCc1ccc(CN2CCOCC2)cc1)c1ccc(Br)cc1. The van der Waals surface area contributed by atoms with E-state index in [1.165, 1.54) is 5.56 Å². The third-order valence-corrected chi connectivity index (χ3v) is 4.62. The number of hydrogen-bond acceptors (Lipinski definition) is 3. The molecule has 0 radical (unpaired) electrons. The molecule has 0 aliphatic carbocycles. The van der Waals surface area contributed by atoms with Gasteiger partial charge in [-0.05, 0) is 35.4 Å². The molecule has 1 amide bonds. The highest BCUT2D eigenvalue weighted by Gasteiger charge is 2.10. The van der Waals surface area contributed by atoms with E-state index >= 15 is 0 Å². The second kappa shape index (κ2) is 8.42. The number of amides is 1. The van der Waals surface area contributed by atoms with E-state index in [-0.39, 0.29) is 5.91 Å². The zero-order chi connectivity index (χ0) is 16.8. The fourth-order valence-corrected chi connectivity index (χ4v) is 2.93. The number of carbonyl (C=O) groups excluding carboxylic acids is 1. The van der Waals surface area contributed by atoms with Crippen molar-refractivity contribution < 1.29 is 9.53 Å². The van der Waals surface area contributed by atoms with Crippen molar-refractivity contribution in [3.8, 4) is 0 Å². The normalized spacial score (nSPS) is 15.2. The first-order chi connectivity index (χ1) is 11.7. The lowest BCUT2D eigenvalue weighted by Gasteiger charge is -2.26. The van der Waals surface area contributed by atoms with E-state index in [1.807, 2.05) is 24.3 Å². The van der Waals surface area contributed by atoms with Crippen LogP contribution < -0.4 is 5.32 Å². The number of halogens is 1. The monoisotopic (exact) mass is 388 g/mol. The molecule has 1 N–H and O–H groups in total. The minimum atomic E-state index is -0.0557. The van der Waals surface area contributed by atoms with Crippen molar-refractivity contribution in [1.82, 2.24) is 10.2 Å². The molecule has 3 rings (SSSR count). The van der Waals surface area contributed by atoms with Crippen LogP contribution in [0.15, 0.2) is 53.0 Å². The average molecular weight is 389 g/mol. The van der Waals surface area contributed by atoms with Gasteiger partial charge in [0, 0.05) is 36.2 Å². The number of morpholine rings is 1. The molecule has 0 unspecified atom stereocenters. The minimum Gasteiger partial charge on any atom is -0.379 e. The van der Waals surface area contributed by atoms with Crippen LogP contribution in [-0.4, -0.2) is 37.1 Å². The Morgan fingerprint density at radius 3 is 2.29 bits per heavy atom. The Bertz CT molecular complexity index is 665. The maximum atomic E-state index is 12.1. The van der Waals surface area contributed by atoms with Crippen molar-refractivity contribution in [2.24, 2.45) is 0 Å². The molecule has 0 atom stereocenters. The van der Waals surface area contributed by atoms with E-state index in [4.69, 9.17) is 4.74 Å². The zero-order valence-corrected chi connectivity index (χ0v) is 15.1. The number of ether oxygens (including phenoxy) is 1. The van der Waals surface area contributed by atoms with Crippen LogP contribution in [0.5, 0.6) is 0 Å². The van der Waals surface area contributed by atoms with Crippen LogP contribution >= 0.6 is 15.9 Å². The summed E-state index contributed by atoms with van der Waals surface area (Å²) in [6, 6.07) is 15.8. The molecular weight excluding hydrogens is 368 g/mol. The molecule has 0 saturated carbocycles. The average Bonchev–Trinajstić information content (AvgIpc) is 2.62. The summed E-state index contributed by atoms with van der Waals surface area (Å²) < 4.78 is 6.34. The van der Waals surface area contributed by atoms with Crippen LogP contribution in [0.25, 0.3) is 0 Å². The van der Waals surface area contributed by atoms with Gasteiger partial charge in [-0.15, -0.1) is 0 Å². The molecule has 4 nitrogen and oxygen atoms in total. The van der Waals surface area contributed by atoms with E-state index in [9.17, 15) is 4.79 Å². The maximum Gasteiger partial charge on any atom is 0.251 e. The standard InChI is InChI=1S/C19H21BrN2O2/c20-18-7-5-17(6-8-18)19(23)21-13-15-1-3-16(4-2-15)14-22-9-11-24-12-10-22/h1-8H,9-14H2,(H,21,23). The highest BCUT2D eigenvalue weighted by atomic mass is 79.9. The van der Waals surface area contributed by atoms with E-state index in [0.29, 0.717) is 12.1 Å². The molecule has 1 aliphatic heterocycles. The molecule has 2 aromatic carbocycles. The number of benzene rings is 2. The molecule has 0 spiro atoms. The number of nitrogens with one attached hydrogen (secondary N) is 1. The summed E-state index contributed by atoms with van der Waals surface area (Å²) >= 11 is 3.37. The van der Waals surface area contributed by atoms with Crippen LogP contribution in [0.1, 0.15) is 21.5 Å². The van der Waals surface area contributed by atoms with Gasteiger partial charge in [-0.1, -0.05) is 40.2 Å². The third-order valence-electron chi connectivity index (χ3n) is 4.09. The van der Waals surface area contributed by atoms with Crippen molar-refractivity contribution >= 4 is 21.8 Å². The summed E-state index contributed by atoms with van der Waals surface area (Å²) in [6.45, 7) is 5.11. The van der Waals surface area contributed by atoms with Crippen LogP contribution in [-0.2, 0) is 17.8 Å². The Hall–Kier alpha value is -1.69. The van der Waals surface area contributed by atoms with Crippen molar-refractivity contribution in [1.29, 1.82) is 0 Å². The van der Waals surface area contributed by atoms with Crippen molar-refractivity contribution in [3.63, 3.8) is 0 Å². The van der Waals surface area contributed by atoms with Crippen LogP contribution in [0.4, 0.5) is 0 Å². The molecule has 1 saturated heterocycles. The highest BCUT2D eigenvalue weighted by Crippen LogP contribution is 2.11. The van der Waals surface area contributed by atoms with Crippen molar-refractivity contribution in [2.75, 3.05) is 26.3 Å². The largest absolute Gasteiger partial charge is 0.379 e. The Balaban J connectivity index is 1.50. The Labute approximate surface area is 150 Å². The second-order valence-electron chi connectivity index (χ2n) is 5.89. The third kappa shape index (κ3) is 4.90. The summed E-state index contributed by atoms with van der Waals surface area (Å²) in [6.07, 6.45) is 0. The fraction of sp³-hybridized carbons (Fsp3) is 0.316.